The molecule has 1 rings (SSSR count). The van der Waals surface area contributed by atoms with E-state index in [-0.39, 0.29) is 27.6 Å². The van der Waals surface area contributed by atoms with Gasteiger partial charge in [-0.05, 0) is 26.0 Å². The van der Waals surface area contributed by atoms with Crippen LogP contribution in [0.2, 0.25) is 15.1 Å². The van der Waals surface area contributed by atoms with Crippen LogP contribution in [-0.2, 0) is 0 Å². The maximum absolute atomic E-state index is 11.7. The fourth-order valence-electron chi connectivity index (χ4n) is 1.09. The van der Waals surface area contributed by atoms with Crippen molar-refractivity contribution in [2.45, 2.75) is 19.9 Å². The summed E-state index contributed by atoms with van der Waals surface area (Å²) in [6, 6.07) is 3.01. The molecule has 2 nitrogen and oxygen atoms in total. The van der Waals surface area contributed by atoms with Crippen molar-refractivity contribution in [3.8, 4) is 0 Å². The van der Waals surface area contributed by atoms with Gasteiger partial charge in [0, 0.05) is 11.1 Å². The van der Waals surface area contributed by atoms with E-state index in [1.807, 2.05) is 13.8 Å². The van der Waals surface area contributed by atoms with E-state index in [4.69, 9.17) is 34.8 Å². The molecule has 0 fully saturated rings. The zero-order valence-electron chi connectivity index (χ0n) is 8.27. The number of halogens is 3. The largest absolute Gasteiger partial charge is 0.350 e. The van der Waals surface area contributed by atoms with Crippen LogP contribution in [0.1, 0.15) is 24.2 Å². The van der Waals surface area contributed by atoms with Gasteiger partial charge in [-0.15, -0.1) is 0 Å². The lowest BCUT2D eigenvalue weighted by Crippen LogP contribution is -2.30. The molecule has 0 heterocycles. The van der Waals surface area contributed by atoms with Gasteiger partial charge in [0.15, 0.2) is 0 Å². The molecule has 0 atom stereocenters. The molecule has 15 heavy (non-hydrogen) atoms. The summed E-state index contributed by atoms with van der Waals surface area (Å²) in [5.41, 5.74) is 0.261. The molecule has 0 aliphatic carbocycles. The third kappa shape index (κ3) is 3.26. The molecule has 1 N–H and O–H groups in total. The van der Waals surface area contributed by atoms with Crippen molar-refractivity contribution < 1.29 is 4.79 Å². The van der Waals surface area contributed by atoms with Crippen LogP contribution in [0.25, 0.3) is 0 Å². The maximum Gasteiger partial charge on any atom is 0.254 e. The molecule has 82 valence electrons. The van der Waals surface area contributed by atoms with E-state index in [1.165, 1.54) is 12.1 Å². The molecule has 1 aromatic rings. The molecule has 0 spiro atoms. The lowest BCUT2D eigenvalue weighted by Gasteiger charge is -2.11. The van der Waals surface area contributed by atoms with Gasteiger partial charge in [-0.3, -0.25) is 4.79 Å². The molecule has 0 saturated heterocycles. The molecule has 0 saturated carbocycles. The summed E-state index contributed by atoms with van der Waals surface area (Å²) in [5.74, 6) is -0.295. The standard InChI is InChI=1S/C10H10Cl3NO/c1-5(2)14-10(15)9-7(12)3-6(11)4-8(9)13/h3-5H,1-2H3,(H,14,15). The quantitative estimate of drug-likeness (QED) is 0.867. The lowest BCUT2D eigenvalue weighted by molar-refractivity contribution is 0.0943. The van der Waals surface area contributed by atoms with Crippen molar-refractivity contribution >= 4 is 40.7 Å². The van der Waals surface area contributed by atoms with E-state index in [0.29, 0.717) is 5.02 Å². The Morgan fingerprint density at radius 3 is 2.07 bits per heavy atom. The summed E-state index contributed by atoms with van der Waals surface area (Å²) in [4.78, 5) is 11.7. The van der Waals surface area contributed by atoms with E-state index >= 15 is 0 Å². The molecule has 1 aromatic carbocycles. The summed E-state index contributed by atoms with van der Waals surface area (Å²) in [6.07, 6.45) is 0. The number of nitrogens with one attached hydrogen (secondary N) is 1. The Balaban J connectivity index is 3.09. The van der Waals surface area contributed by atoms with Crippen molar-refractivity contribution in [1.29, 1.82) is 0 Å². The summed E-state index contributed by atoms with van der Waals surface area (Å²) >= 11 is 17.5. The zero-order valence-corrected chi connectivity index (χ0v) is 10.5. The van der Waals surface area contributed by atoms with Crippen molar-refractivity contribution in [3.05, 3.63) is 32.8 Å². The molecule has 1 amide bonds. The fourth-order valence-corrected chi connectivity index (χ4v) is 2.08. The van der Waals surface area contributed by atoms with Gasteiger partial charge >= 0.3 is 0 Å². The lowest BCUT2D eigenvalue weighted by atomic mass is 10.2. The second-order valence-electron chi connectivity index (χ2n) is 3.37. The number of carbonyl (C=O) groups is 1. The summed E-state index contributed by atoms with van der Waals surface area (Å²) < 4.78 is 0. The van der Waals surface area contributed by atoms with Gasteiger partial charge < -0.3 is 5.32 Å². The monoisotopic (exact) mass is 265 g/mol. The zero-order chi connectivity index (χ0) is 11.6. The van der Waals surface area contributed by atoms with Crippen molar-refractivity contribution in [2.24, 2.45) is 0 Å². The Bertz CT molecular complexity index is 367. The van der Waals surface area contributed by atoms with Gasteiger partial charge in [-0.2, -0.15) is 0 Å². The van der Waals surface area contributed by atoms with Crippen molar-refractivity contribution in [1.82, 2.24) is 5.32 Å². The van der Waals surface area contributed by atoms with Gasteiger partial charge in [0.2, 0.25) is 0 Å². The van der Waals surface area contributed by atoms with Crippen LogP contribution in [0.15, 0.2) is 12.1 Å². The Hall–Kier alpha value is -0.440. The molecule has 0 unspecified atom stereocenters. The first-order chi connectivity index (χ1) is 6.91. The minimum absolute atomic E-state index is 0.0281. The number of carbonyl (C=O) groups excluding carboxylic acids is 1. The average Bonchev–Trinajstić information content (AvgIpc) is 1.99. The van der Waals surface area contributed by atoms with E-state index in [9.17, 15) is 4.79 Å². The Kier molecular flexibility index (Phi) is 4.26. The highest BCUT2D eigenvalue weighted by molar-refractivity contribution is 6.42. The number of amides is 1. The van der Waals surface area contributed by atoms with Crippen LogP contribution in [0.5, 0.6) is 0 Å². The number of benzene rings is 1. The Morgan fingerprint density at radius 2 is 1.67 bits per heavy atom. The molecular weight excluding hydrogens is 256 g/mol. The van der Waals surface area contributed by atoms with Gasteiger partial charge in [0.1, 0.15) is 0 Å². The first-order valence-corrected chi connectivity index (χ1v) is 5.50. The first kappa shape index (κ1) is 12.6. The summed E-state index contributed by atoms with van der Waals surface area (Å²) in [6.45, 7) is 3.71. The summed E-state index contributed by atoms with van der Waals surface area (Å²) in [5, 5.41) is 3.63. The van der Waals surface area contributed by atoms with Gasteiger partial charge in [0.05, 0.1) is 15.6 Å². The van der Waals surface area contributed by atoms with Crippen LogP contribution < -0.4 is 5.32 Å². The Labute approximate surface area is 104 Å². The van der Waals surface area contributed by atoms with Gasteiger partial charge in [0.25, 0.3) is 5.91 Å². The third-order valence-corrected chi connectivity index (χ3v) is 2.47. The van der Waals surface area contributed by atoms with Crippen LogP contribution >= 0.6 is 34.8 Å². The number of rotatable bonds is 2. The first-order valence-electron chi connectivity index (χ1n) is 4.37. The van der Waals surface area contributed by atoms with Gasteiger partial charge in [-0.25, -0.2) is 0 Å². The van der Waals surface area contributed by atoms with Crippen LogP contribution in [-0.4, -0.2) is 11.9 Å². The molecule has 0 radical (unpaired) electrons. The third-order valence-electron chi connectivity index (χ3n) is 1.65. The minimum Gasteiger partial charge on any atom is -0.350 e. The van der Waals surface area contributed by atoms with Crippen LogP contribution in [0.3, 0.4) is 0 Å². The predicted octanol–water partition coefficient (Wildman–Crippen LogP) is 3.79. The predicted molar refractivity (Wildman–Crippen MR) is 64.1 cm³/mol. The van der Waals surface area contributed by atoms with E-state index in [2.05, 4.69) is 5.32 Å². The number of hydrogen-bond donors (Lipinski definition) is 1. The van der Waals surface area contributed by atoms with Crippen LogP contribution in [0, 0.1) is 0 Å². The average molecular weight is 267 g/mol. The van der Waals surface area contributed by atoms with Crippen molar-refractivity contribution in [2.75, 3.05) is 0 Å². The van der Waals surface area contributed by atoms with E-state index in [0.717, 1.165) is 0 Å². The van der Waals surface area contributed by atoms with Gasteiger partial charge in [-0.1, -0.05) is 34.8 Å². The molecule has 0 aromatic heterocycles. The molecule has 0 aliphatic rings. The highest BCUT2D eigenvalue weighted by atomic mass is 35.5. The highest BCUT2D eigenvalue weighted by Crippen LogP contribution is 2.28. The van der Waals surface area contributed by atoms with Crippen LogP contribution in [0.4, 0.5) is 0 Å². The highest BCUT2D eigenvalue weighted by Gasteiger charge is 2.16. The maximum atomic E-state index is 11.7. The SMILES string of the molecule is CC(C)NC(=O)c1c(Cl)cc(Cl)cc1Cl. The molecule has 0 aliphatic heterocycles. The summed E-state index contributed by atoms with van der Waals surface area (Å²) in [7, 11) is 0. The minimum atomic E-state index is -0.295. The normalized spacial score (nSPS) is 10.5. The molecular formula is C10H10Cl3NO. The van der Waals surface area contributed by atoms with Crippen molar-refractivity contribution in [3.63, 3.8) is 0 Å². The Morgan fingerprint density at radius 1 is 1.20 bits per heavy atom. The molecule has 0 bridgehead atoms. The second-order valence-corrected chi connectivity index (χ2v) is 4.62. The smallest absolute Gasteiger partial charge is 0.254 e. The molecule has 5 heteroatoms. The van der Waals surface area contributed by atoms with E-state index < -0.39 is 0 Å². The second kappa shape index (κ2) is 5.06. The van der Waals surface area contributed by atoms with E-state index in [1.54, 1.807) is 0 Å². The number of hydrogen-bond acceptors (Lipinski definition) is 1. The fraction of sp³-hybridized carbons (Fsp3) is 0.300. The topological polar surface area (TPSA) is 29.1 Å².